The molecule has 3 heterocycles. The van der Waals surface area contributed by atoms with Crippen molar-refractivity contribution in [2.75, 3.05) is 0 Å². The number of benzene rings is 2. The summed E-state index contributed by atoms with van der Waals surface area (Å²) in [6.07, 6.45) is 0. The standard InChI is InChI=1S/C22H14N2O5/c25-22(17-12-19(28-24-17)14-6-2-1-3-7-14)26-13-16-11-21(29-23-16)20-10-15-8-4-5-9-18(15)27-20/h1-12H,13H2. The Hall–Kier alpha value is -4.13. The second-order valence-electron chi connectivity index (χ2n) is 6.35. The molecule has 0 bridgehead atoms. The quantitative estimate of drug-likeness (QED) is 0.388. The van der Waals surface area contributed by atoms with Gasteiger partial charge in [-0.3, -0.25) is 0 Å². The van der Waals surface area contributed by atoms with E-state index in [1.54, 1.807) is 12.1 Å². The van der Waals surface area contributed by atoms with Crippen LogP contribution < -0.4 is 0 Å². The Morgan fingerprint density at radius 2 is 1.62 bits per heavy atom. The van der Waals surface area contributed by atoms with E-state index in [4.69, 9.17) is 18.2 Å². The minimum Gasteiger partial charge on any atom is -0.454 e. The molecule has 0 fully saturated rings. The zero-order valence-electron chi connectivity index (χ0n) is 15.1. The highest BCUT2D eigenvalue weighted by Crippen LogP contribution is 2.28. The van der Waals surface area contributed by atoms with Crippen molar-refractivity contribution in [3.8, 4) is 22.8 Å². The van der Waals surface area contributed by atoms with Crippen molar-refractivity contribution >= 4 is 16.9 Å². The lowest BCUT2D eigenvalue weighted by molar-refractivity contribution is 0.0452. The molecule has 0 aliphatic heterocycles. The summed E-state index contributed by atoms with van der Waals surface area (Å²) >= 11 is 0. The zero-order chi connectivity index (χ0) is 19.6. The number of hydrogen-bond donors (Lipinski definition) is 0. The molecule has 5 aromatic rings. The van der Waals surface area contributed by atoms with Crippen LogP contribution in [0.25, 0.3) is 33.8 Å². The fraction of sp³-hybridized carbons (Fsp3) is 0.0455. The lowest BCUT2D eigenvalue weighted by Gasteiger charge is -1.97. The molecular weight excluding hydrogens is 372 g/mol. The largest absolute Gasteiger partial charge is 0.454 e. The number of carbonyl (C=O) groups excluding carboxylic acids is 1. The van der Waals surface area contributed by atoms with Crippen LogP contribution in [-0.2, 0) is 11.3 Å². The van der Waals surface area contributed by atoms with E-state index in [9.17, 15) is 4.79 Å². The molecule has 0 unspecified atom stereocenters. The smallest absolute Gasteiger partial charge is 0.360 e. The molecule has 0 atom stereocenters. The molecule has 0 saturated heterocycles. The number of rotatable bonds is 5. The third-order valence-corrected chi connectivity index (χ3v) is 4.36. The molecule has 0 spiro atoms. The van der Waals surface area contributed by atoms with Crippen molar-refractivity contribution in [2.24, 2.45) is 0 Å². The first-order valence-corrected chi connectivity index (χ1v) is 8.90. The topological polar surface area (TPSA) is 91.5 Å². The summed E-state index contributed by atoms with van der Waals surface area (Å²) < 4.78 is 21.5. The van der Waals surface area contributed by atoms with Gasteiger partial charge in [0.15, 0.2) is 17.2 Å². The SMILES string of the molecule is O=C(OCc1cc(-c2cc3ccccc3o2)on1)c1cc(-c2ccccc2)on1. The van der Waals surface area contributed by atoms with Crippen molar-refractivity contribution in [3.05, 3.63) is 84.2 Å². The normalized spacial score (nSPS) is 11.0. The van der Waals surface area contributed by atoms with Crippen molar-refractivity contribution in [3.63, 3.8) is 0 Å². The number of esters is 1. The van der Waals surface area contributed by atoms with Crippen molar-refractivity contribution in [2.45, 2.75) is 6.61 Å². The van der Waals surface area contributed by atoms with Gasteiger partial charge in [-0.1, -0.05) is 58.8 Å². The minimum absolute atomic E-state index is 0.0594. The van der Waals surface area contributed by atoms with Gasteiger partial charge in [0.2, 0.25) is 5.76 Å². The molecule has 5 rings (SSSR count). The van der Waals surface area contributed by atoms with Crippen LogP contribution in [0.4, 0.5) is 0 Å². The summed E-state index contributed by atoms with van der Waals surface area (Å²) in [5.74, 6) is 0.899. The molecule has 0 amide bonds. The van der Waals surface area contributed by atoms with Gasteiger partial charge in [-0.25, -0.2) is 4.79 Å². The average Bonchev–Trinajstić information content (AvgIpc) is 3.51. The van der Waals surface area contributed by atoms with Crippen LogP contribution in [0.15, 0.2) is 86.3 Å². The highest BCUT2D eigenvalue weighted by molar-refractivity contribution is 5.88. The summed E-state index contributed by atoms with van der Waals surface area (Å²) in [5.41, 5.74) is 2.13. The van der Waals surface area contributed by atoms with E-state index in [2.05, 4.69) is 10.3 Å². The van der Waals surface area contributed by atoms with Crippen molar-refractivity contribution < 1.29 is 23.0 Å². The number of furan rings is 1. The number of para-hydroxylation sites is 1. The fourth-order valence-electron chi connectivity index (χ4n) is 2.92. The van der Waals surface area contributed by atoms with Crippen LogP contribution in [0.1, 0.15) is 16.2 Å². The van der Waals surface area contributed by atoms with Gasteiger partial charge in [-0.05, 0) is 12.1 Å². The van der Waals surface area contributed by atoms with Gasteiger partial charge in [0, 0.05) is 23.1 Å². The van der Waals surface area contributed by atoms with E-state index in [1.165, 1.54) is 0 Å². The first-order valence-electron chi connectivity index (χ1n) is 8.90. The van der Waals surface area contributed by atoms with Crippen LogP contribution >= 0.6 is 0 Å². The van der Waals surface area contributed by atoms with Gasteiger partial charge < -0.3 is 18.2 Å². The number of nitrogens with zero attached hydrogens (tertiary/aromatic N) is 2. The molecule has 0 aliphatic carbocycles. The molecular formula is C22H14N2O5. The molecule has 29 heavy (non-hydrogen) atoms. The van der Waals surface area contributed by atoms with Crippen LogP contribution in [-0.4, -0.2) is 16.3 Å². The van der Waals surface area contributed by atoms with Crippen LogP contribution in [0.2, 0.25) is 0 Å². The van der Waals surface area contributed by atoms with E-state index in [0.29, 0.717) is 23.0 Å². The maximum Gasteiger partial charge on any atom is 0.360 e. The lowest BCUT2D eigenvalue weighted by Crippen LogP contribution is -2.05. The number of ether oxygens (including phenoxy) is 1. The highest BCUT2D eigenvalue weighted by atomic mass is 16.5. The number of carbonyl (C=O) groups is 1. The Morgan fingerprint density at radius 1 is 0.828 bits per heavy atom. The maximum absolute atomic E-state index is 12.2. The summed E-state index contributed by atoms with van der Waals surface area (Å²) in [7, 11) is 0. The van der Waals surface area contributed by atoms with Gasteiger partial charge in [-0.2, -0.15) is 0 Å². The Morgan fingerprint density at radius 3 is 2.48 bits per heavy atom. The first-order chi connectivity index (χ1) is 14.3. The average molecular weight is 386 g/mol. The third kappa shape index (κ3) is 3.41. The Balaban J connectivity index is 1.26. The molecule has 0 radical (unpaired) electrons. The van der Waals surface area contributed by atoms with E-state index in [-0.39, 0.29) is 12.3 Å². The van der Waals surface area contributed by atoms with Crippen LogP contribution in [0, 0.1) is 0 Å². The van der Waals surface area contributed by atoms with Gasteiger partial charge in [0.1, 0.15) is 17.9 Å². The molecule has 7 nitrogen and oxygen atoms in total. The fourth-order valence-corrected chi connectivity index (χ4v) is 2.92. The zero-order valence-corrected chi connectivity index (χ0v) is 15.1. The van der Waals surface area contributed by atoms with Crippen molar-refractivity contribution in [1.29, 1.82) is 0 Å². The highest BCUT2D eigenvalue weighted by Gasteiger charge is 2.17. The summed E-state index contributed by atoms with van der Waals surface area (Å²) in [4.78, 5) is 12.2. The summed E-state index contributed by atoms with van der Waals surface area (Å²) in [5, 5.41) is 8.66. The van der Waals surface area contributed by atoms with Gasteiger partial charge in [0.05, 0.1) is 0 Å². The Kier molecular flexibility index (Phi) is 4.18. The molecule has 2 aromatic carbocycles. The van der Waals surface area contributed by atoms with Gasteiger partial charge >= 0.3 is 5.97 Å². The van der Waals surface area contributed by atoms with E-state index < -0.39 is 5.97 Å². The second kappa shape index (κ2) is 7.12. The van der Waals surface area contributed by atoms with Crippen LogP contribution in [0.3, 0.4) is 0 Å². The molecule has 7 heteroatoms. The predicted octanol–water partition coefficient (Wildman–Crippen LogP) is 5.10. The molecule has 0 N–H and O–H groups in total. The van der Waals surface area contributed by atoms with E-state index >= 15 is 0 Å². The molecule has 3 aromatic heterocycles. The number of hydrogen-bond acceptors (Lipinski definition) is 7. The molecule has 0 saturated carbocycles. The lowest BCUT2D eigenvalue weighted by atomic mass is 10.2. The first kappa shape index (κ1) is 17.0. The number of aromatic nitrogens is 2. The Bertz CT molecular complexity index is 1250. The van der Waals surface area contributed by atoms with E-state index in [0.717, 1.165) is 16.5 Å². The number of fused-ring (bicyclic) bond motifs is 1. The van der Waals surface area contributed by atoms with Crippen molar-refractivity contribution in [1.82, 2.24) is 10.3 Å². The van der Waals surface area contributed by atoms with Crippen LogP contribution in [0.5, 0.6) is 0 Å². The third-order valence-electron chi connectivity index (χ3n) is 4.36. The maximum atomic E-state index is 12.2. The second-order valence-corrected chi connectivity index (χ2v) is 6.35. The summed E-state index contributed by atoms with van der Waals surface area (Å²) in [6, 6.07) is 22.1. The monoisotopic (exact) mass is 386 g/mol. The minimum atomic E-state index is -0.607. The Labute approximate surface area is 164 Å². The van der Waals surface area contributed by atoms with E-state index in [1.807, 2.05) is 60.7 Å². The summed E-state index contributed by atoms with van der Waals surface area (Å²) in [6.45, 7) is -0.0594. The predicted molar refractivity (Wildman–Crippen MR) is 103 cm³/mol. The van der Waals surface area contributed by atoms with Gasteiger partial charge in [-0.15, -0.1) is 0 Å². The van der Waals surface area contributed by atoms with Gasteiger partial charge in [0.25, 0.3) is 0 Å². The molecule has 142 valence electrons. The molecule has 0 aliphatic rings.